The van der Waals surface area contributed by atoms with E-state index in [9.17, 15) is 10.2 Å². The lowest BCUT2D eigenvalue weighted by Gasteiger charge is -2.38. The number of nitrogens with one attached hydrogen (secondary N) is 1. The zero-order chi connectivity index (χ0) is 22.9. The summed E-state index contributed by atoms with van der Waals surface area (Å²) in [7, 11) is 0. The van der Waals surface area contributed by atoms with Crippen LogP contribution >= 0.6 is 11.3 Å². The fourth-order valence-corrected chi connectivity index (χ4v) is 6.34. The summed E-state index contributed by atoms with van der Waals surface area (Å²) in [5, 5.41) is 21.7. The van der Waals surface area contributed by atoms with E-state index in [0.29, 0.717) is 30.7 Å². The topological polar surface area (TPSA) is 68.7 Å². The summed E-state index contributed by atoms with van der Waals surface area (Å²) in [5.41, 5.74) is 3.39. The van der Waals surface area contributed by atoms with Crippen LogP contribution in [0.25, 0.3) is 17.0 Å². The minimum Gasteiger partial charge on any atom is -0.512 e. The maximum absolute atomic E-state index is 10.7. The molecule has 3 aromatic rings. The average molecular weight is 465 g/mol. The molecule has 0 spiro atoms. The molecule has 1 fully saturated rings. The molecule has 2 aromatic heterocycles. The van der Waals surface area contributed by atoms with Crippen molar-refractivity contribution in [3.63, 3.8) is 0 Å². The highest BCUT2D eigenvalue weighted by Crippen LogP contribution is 2.38. The second-order valence-corrected chi connectivity index (χ2v) is 10.5. The van der Waals surface area contributed by atoms with Gasteiger partial charge in [-0.25, -0.2) is 0 Å². The number of H-pyrrole nitrogens is 1. The monoisotopic (exact) mass is 464 g/mol. The van der Waals surface area contributed by atoms with Gasteiger partial charge in [-0.05, 0) is 81.1 Å². The Balaban J connectivity index is 1.16. The molecular formula is C27H32N2O3S. The molecule has 0 radical (unpaired) electrons. The summed E-state index contributed by atoms with van der Waals surface area (Å²) in [5.74, 6) is 1.78. The maximum Gasteiger partial charge on any atom is 0.128 e. The van der Waals surface area contributed by atoms with Gasteiger partial charge in [-0.1, -0.05) is 12.1 Å². The first-order valence-corrected chi connectivity index (χ1v) is 12.6. The van der Waals surface area contributed by atoms with Gasteiger partial charge in [0.2, 0.25) is 0 Å². The van der Waals surface area contributed by atoms with Crippen LogP contribution in [0.4, 0.5) is 0 Å². The molecule has 3 N–H and O–H groups in total. The smallest absolute Gasteiger partial charge is 0.128 e. The number of thiophene rings is 1. The second-order valence-electron chi connectivity index (χ2n) is 9.43. The minimum absolute atomic E-state index is 0.289. The highest BCUT2D eigenvalue weighted by atomic mass is 32.1. The van der Waals surface area contributed by atoms with E-state index in [2.05, 4.69) is 35.0 Å². The molecule has 2 unspecified atom stereocenters. The van der Waals surface area contributed by atoms with E-state index in [1.54, 1.807) is 6.08 Å². The van der Waals surface area contributed by atoms with Gasteiger partial charge in [0.1, 0.15) is 18.5 Å². The summed E-state index contributed by atoms with van der Waals surface area (Å²) in [6.45, 7) is 6.18. The quantitative estimate of drug-likeness (QED) is 0.447. The van der Waals surface area contributed by atoms with E-state index in [1.807, 2.05) is 42.5 Å². The molecule has 1 aromatic carbocycles. The number of ether oxygens (including phenoxy) is 1. The molecule has 2 aliphatic rings. The van der Waals surface area contributed by atoms with Crippen molar-refractivity contribution in [3.05, 3.63) is 69.3 Å². The number of piperidine rings is 1. The summed E-state index contributed by atoms with van der Waals surface area (Å²) >= 11 is 1.86. The highest BCUT2D eigenvalue weighted by molar-refractivity contribution is 7.13. The van der Waals surface area contributed by atoms with E-state index in [0.717, 1.165) is 41.7 Å². The van der Waals surface area contributed by atoms with E-state index < -0.39 is 6.10 Å². The standard InChI is InChI=1S/C27H32N2O3S/c1-17-11-23-24(28-17)6-4-7-25(23)32-16-22(31)15-29-10-9-19(12-18(29)2)27-14-20-13-21(30)5-3-8-26(20)33-27/h3-8,11,14,18-19,22,28,30-31H,9-10,12-13,15-16H2,1-2H3/t18-,19?,22?/m0/s1. The number of nitrogens with zero attached hydrogens (tertiary/aromatic N) is 1. The minimum atomic E-state index is -0.531. The third-order valence-electron chi connectivity index (χ3n) is 6.82. The lowest BCUT2D eigenvalue weighted by Crippen LogP contribution is -2.45. The van der Waals surface area contributed by atoms with Crippen molar-refractivity contribution in [1.82, 2.24) is 9.88 Å². The Kier molecular flexibility index (Phi) is 6.32. The number of aliphatic hydroxyl groups excluding tert-OH is 2. The molecule has 1 saturated heterocycles. The van der Waals surface area contributed by atoms with Gasteiger partial charge in [0, 0.05) is 45.4 Å². The van der Waals surface area contributed by atoms with Gasteiger partial charge < -0.3 is 19.9 Å². The van der Waals surface area contributed by atoms with Crippen molar-refractivity contribution in [3.8, 4) is 5.75 Å². The summed E-state index contributed by atoms with van der Waals surface area (Å²) in [4.78, 5) is 8.40. The van der Waals surface area contributed by atoms with Crippen LogP contribution in [0, 0.1) is 6.92 Å². The zero-order valence-electron chi connectivity index (χ0n) is 19.3. The van der Waals surface area contributed by atoms with Crippen LogP contribution in [0.2, 0.25) is 0 Å². The van der Waals surface area contributed by atoms with E-state index >= 15 is 0 Å². The van der Waals surface area contributed by atoms with Crippen LogP contribution < -0.4 is 4.74 Å². The SMILES string of the molecule is Cc1cc2c(OCC(O)CN3CCC(c4cc5c(s4)C=CC=C(O)C5)C[C@@H]3C)cccc2[nH]1. The molecule has 174 valence electrons. The van der Waals surface area contributed by atoms with Gasteiger partial charge >= 0.3 is 0 Å². The van der Waals surface area contributed by atoms with Crippen LogP contribution in [0.3, 0.4) is 0 Å². The maximum atomic E-state index is 10.7. The first-order chi connectivity index (χ1) is 16.0. The van der Waals surface area contributed by atoms with Crippen LogP contribution in [0.1, 0.15) is 46.7 Å². The molecule has 5 nitrogen and oxygen atoms in total. The summed E-state index contributed by atoms with van der Waals surface area (Å²) < 4.78 is 6.00. The van der Waals surface area contributed by atoms with Crippen molar-refractivity contribution in [1.29, 1.82) is 0 Å². The number of aromatic amines is 1. The second kappa shape index (κ2) is 9.37. The molecule has 33 heavy (non-hydrogen) atoms. The number of hydrogen-bond acceptors (Lipinski definition) is 5. The predicted molar refractivity (Wildman–Crippen MR) is 135 cm³/mol. The lowest BCUT2D eigenvalue weighted by molar-refractivity contribution is 0.0408. The number of aryl methyl sites for hydroxylation is 1. The van der Waals surface area contributed by atoms with Gasteiger partial charge in [0.05, 0.1) is 5.76 Å². The Morgan fingerprint density at radius 1 is 1.30 bits per heavy atom. The molecule has 1 aliphatic heterocycles. The van der Waals surface area contributed by atoms with Gasteiger partial charge in [0.25, 0.3) is 0 Å². The molecule has 3 atom stereocenters. The van der Waals surface area contributed by atoms with E-state index in [1.165, 1.54) is 15.3 Å². The number of rotatable bonds is 6. The van der Waals surface area contributed by atoms with Gasteiger partial charge in [-0.3, -0.25) is 4.90 Å². The van der Waals surface area contributed by atoms with Crippen molar-refractivity contribution >= 4 is 28.3 Å². The zero-order valence-corrected chi connectivity index (χ0v) is 20.1. The predicted octanol–water partition coefficient (Wildman–Crippen LogP) is 5.56. The number of aromatic nitrogens is 1. The highest BCUT2D eigenvalue weighted by Gasteiger charge is 2.29. The third kappa shape index (κ3) is 4.88. The molecular weight excluding hydrogens is 432 g/mol. The van der Waals surface area contributed by atoms with Crippen LogP contribution in [-0.4, -0.2) is 51.9 Å². The van der Waals surface area contributed by atoms with Crippen molar-refractivity contribution in [2.45, 2.75) is 51.2 Å². The molecule has 6 heteroatoms. The van der Waals surface area contributed by atoms with Crippen molar-refractivity contribution < 1.29 is 14.9 Å². The first-order valence-electron chi connectivity index (χ1n) is 11.8. The normalized spacial score (nSPS) is 22.1. The van der Waals surface area contributed by atoms with Gasteiger partial charge in [0.15, 0.2) is 0 Å². The number of allylic oxidation sites excluding steroid dienone is 3. The largest absolute Gasteiger partial charge is 0.512 e. The van der Waals surface area contributed by atoms with Gasteiger partial charge in [-0.15, -0.1) is 11.3 Å². The van der Waals surface area contributed by atoms with Crippen LogP contribution in [0.15, 0.2) is 48.2 Å². The Bertz CT molecular complexity index is 1190. The number of benzene rings is 1. The molecule has 1 aliphatic carbocycles. The number of likely N-dealkylation sites (tertiary alicyclic amines) is 1. The fraction of sp³-hybridized carbons (Fsp3) is 0.407. The molecule has 5 rings (SSSR count). The van der Waals surface area contributed by atoms with Crippen molar-refractivity contribution in [2.24, 2.45) is 0 Å². The van der Waals surface area contributed by atoms with E-state index in [4.69, 9.17) is 4.74 Å². The van der Waals surface area contributed by atoms with Crippen LogP contribution in [0.5, 0.6) is 5.75 Å². The van der Waals surface area contributed by atoms with Crippen LogP contribution in [-0.2, 0) is 6.42 Å². The third-order valence-corrected chi connectivity index (χ3v) is 8.13. The average Bonchev–Trinajstić information content (AvgIpc) is 3.31. The molecule has 0 amide bonds. The number of hydrogen-bond donors (Lipinski definition) is 3. The van der Waals surface area contributed by atoms with E-state index in [-0.39, 0.29) is 6.61 Å². The Morgan fingerprint density at radius 3 is 3.03 bits per heavy atom. The number of β-amino-alcohol motifs (C(OH)–C–C–N with tert-alkyl or cyclic N) is 1. The Hall–Kier alpha value is -2.54. The molecule has 0 bridgehead atoms. The van der Waals surface area contributed by atoms with Crippen molar-refractivity contribution in [2.75, 3.05) is 19.7 Å². The summed E-state index contributed by atoms with van der Waals surface area (Å²) in [6.07, 6.45) is 8.09. The number of aliphatic hydroxyl groups is 2. The Morgan fingerprint density at radius 2 is 2.18 bits per heavy atom. The molecule has 3 heterocycles. The number of fused-ring (bicyclic) bond motifs is 2. The summed E-state index contributed by atoms with van der Waals surface area (Å²) in [6, 6.07) is 10.8. The molecule has 0 saturated carbocycles. The first kappa shape index (κ1) is 22.3. The van der Waals surface area contributed by atoms with Gasteiger partial charge in [-0.2, -0.15) is 0 Å². The fourth-order valence-electron chi connectivity index (χ4n) is 5.10. The Labute approximate surface area is 199 Å². The lowest BCUT2D eigenvalue weighted by atomic mass is 9.89.